The smallest absolute Gasteiger partial charge is 0.246 e. The third-order valence-electron chi connectivity index (χ3n) is 2.71. The fourth-order valence-electron chi connectivity index (χ4n) is 1.88. The highest BCUT2D eigenvalue weighted by atomic mass is 35.5. The lowest BCUT2D eigenvalue weighted by molar-refractivity contribution is -0.148. The lowest BCUT2D eigenvalue weighted by Gasteiger charge is -2.38. The first-order valence-corrected chi connectivity index (χ1v) is 5.83. The Labute approximate surface area is 101 Å². The Morgan fingerprint density at radius 2 is 2.06 bits per heavy atom. The van der Waals surface area contributed by atoms with Crippen molar-refractivity contribution in [3.63, 3.8) is 0 Å². The van der Waals surface area contributed by atoms with E-state index in [2.05, 4.69) is 11.9 Å². The normalized spacial score (nSPS) is 25.6. The molecule has 16 heavy (non-hydrogen) atoms. The van der Waals surface area contributed by atoms with E-state index in [-0.39, 0.29) is 18.4 Å². The third kappa shape index (κ3) is 2.55. The maximum absolute atomic E-state index is 12.0. The summed E-state index contributed by atoms with van der Waals surface area (Å²) in [6, 6.07) is -0.850. The van der Waals surface area contributed by atoms with Crippen LogP contribution in [-0.2, 0) is 9.59 Å². The number of piperazine rings is 1. The Balaban J connectivity index is 2.90. The highest BCUT2D eigenvalue weighted by Crippen LogP contribution is 2.17. The maximum atomic E-state index is 12.0. The van der Waals surface area contributed by atoms with Gasteiger partial charge in [0.15, 0.2) is 0 Å². The summed E-state index contributed by atoms with van der Waals surface area (Å²) < 4.78 is 0. The summed E-state index contributed by atoms with van der Waals surface area (Å²) in [5, 5.41) is 3.09. The zero-order chi connectivity index (χ0) is 12.3. The average Bonchev–Trinajstić information content (AvgIpc) is 2.22. The van der Waals surface area contributed by atoms with Crippen LogP contribution >= 0.6 is 11.6 Å². The van der Waals surface area contributed by atoms with Gasteiger partial charge in [-0.25, -0.2) is 0 Å². The quantitative estimate of drug-likeness (QED) is 0.809. The van der Waals surface area contributed by atoms with Crippen LogP contribution in [0.4, 0.5) is 0 Å². The fourth-order valence-corrected chi connectivity index (χ4v) is 2.01. The summed E-state index contributed by atoms with van der Waals surface area (Å²) in [7, 11) is 0. The number of amides is 2. The number of carbonyl (C=O) groups excluding carboxylic acids is 2. The van der Waals surface area contributed by atoms with Gasteiger partial charge in [-0.3, -0.25) is 9.59 Å². The molecule has 1 rings (SSSR count). The first-order valence-electron chi connectivity index (χ1n) is 5.45. The number of halogens is 1. The van der Waals surface area contributed by atoms with Gasteiger partial charge in [-0.05, 0) is 12.8 Å². The average molecular weight is 245 g/mol. The van der Waals surface area contributed by atoms with E-state index in [0.717, 1.165) is 0 Å². The van der Waals surface area contributed by atoms with Gasteiger partial charge in [0.05, 0.1) is 6.54 Å². The molecule has 0 saturated carbocycles. The molecule has 1 aliphatic rings. The van der Waals surface area contributed by atoms with Crippen LogP contribution in [0, 0.1) is 0 Å². The van der Waals surface area contributed by atoms with Crippen molar-refractivity contribution >= 4 is 23.4 Å². The van der Waals surface area contributed by atoms with Crippen molar-refractivity contribution in [3.05, 3.63) is 11.6 Å². The molecule has 1 fully saturated rings. The summed E-state index contributed by atoms with van der Waals surface area (Å²) >= 11 is 5.72. The molecule has 2 atom stereocenters. The zero-order valence-corrected chi connectivity index (χ0v) is 10.4. The molecule has 0 radical (unpaired) electrons. The van der Waals surface area contributed by atoms with Crippen LogP contribution < -0.4 is 5.32 Å². The molecule has 5 heteroatoms. The first kappa shape index (κ1) is 13.0. The molecular weight excluding hydrogens is 228 g/mol. The van der Waals surface area contributed by atoms with E-state index in [4.69, 9.17) is 11.6 Å². The standard InChI is InChI=1S/C11H17ClN2O2/c1-4-8-11(16)14(6-7(3)12)9(5-2)10(15)13-8/h8-9H,3-6H2,1-2H3,(H,13,15). The van der Waals surface area contributed by atoms with Gasteiger partial charge < -0.3 is 10.2 Å². The van der Waals surface area contributed by atoms with Crippen molar-refractivity contribution in [2.45, 2.75) is 38.8 Å². The van der Waals surface area contributed by atoms with Crippen molar-refractivity contribution in [1.82, 2.24) is 10.2 Å². The molecule has 1 saturated heterocycles. The van der Waals surface area contributed by atoms with Gasteiger partial charge in [0.2, 0.25) is 11.8 Å². The minimum absolute atomic E-state index is 0.0734. The molecule has 0 aromatic carbocycles. The molecule has 0 aromatic heterocycles. The molecule has 4 nitrogen and oxygen atoms in total. The third-order valence-corrected chi connectivity index (χ3v) is 2.83. The second kappa shape index (κ2) is 5.34. The Bertz CT molecular complexity index is 317. The first-order chi connectivity index (χ1) is 7.51. The molecule has 1 aliphatic heterocycles. The maximum Gasteiger partial charge on any atom is 0.246 e. The van der Waals surface area contributed by atoms with Crippen LogP contribution in [0.15, 0.2) is 11.6 Å². The van der Waals surface area contributed by atoms with E-state index < -0.39 is 12.1 Å². The molecule has 0 aromatic rings. The Hall–Kier alpha value is -1.03. The van der Waals surface area contributed by atoms with Gasteiger partial charge in [-0.2, -0.15) is 0 Å². The number of rotatable bonds is 4. The fraction of sp³-hybridized carbons (Fsp3) is 0.636. The van der Waals surface area contributed by atoms with Crippen molar-refractivity contribution < 1.29 is 9.59 Å². The summed E-state index contributed by atoms with van der Waals surface area (Å²) in [4.78, 5) is 25.3. The predicted molar refractivity (Wildman–Crippen MR) is 63.0 cm³/mol. The van der Waals surface area contributed by atoms with Gasteiger partial charge >= 0.3 is 0 Å². The number of hydrogen-bond donors (Lipinski definition) is 1. The molecular formula is C11H17ClN2O2. The lowest BCUT2D eigenvalue weighted by atomic mass is 10.0. The van der Waals surface area contributed by atoms with E-state index in [0.29, 0.717) is 17.9 Å². The topological polar surface area (TPSA) is 49.4 Å². The summed E-state index contributed by atoms with van der Waals surface area (Å²) in [6.07, 6.45) is 1.17. The van der Waals surface area contributed by atoms with Crippen LogP contribution in [0.25, 0.3) is 0 Å². The minimum Gasteiger partial charge on any atom is -0.343 e. The number of nitrogens with zero attached hydrogens (tertiary/aromatic N) is 1. The number of nitrogens with one attached hydrogen (secondary N) is 1. The molecule has 1 heterocycles. The summed E-state index contributed by atoms with van der Waals surface area (Å²) in [6.45, 7) is 7.54. The van der Waals surface area contributed by atoms with Crippen LogP contribution in [0.2, 0.25) is 0 Å². The van der Waals surface area contributed by atoms with E-state index >= 15 is 0 Å². The number of carbonyl (C=O) groups is 2. The lowest BCUT2D eigenvalue weighted by Crippen LogP contribution is -2.63. The number of hydrogen-bond acceptors (Lipinski definition) is 2. The molecule has 2 unspecified atom stereocenters. The van der Waals surface area contributed by atoms with Crippen LogP contribution in [0.3, 0.4) is 0 Å². The predicted octanol–water partition coefficient (Wildman–Crippen LogP) is 1.25. The van der Waals surface area contributed by atoms with Crippen molar-refractivity contribution in [2.75, 3.05) is 6.54 Å². The minimum atomic E-state index is -0.425. The van der Waals surface area contributed by atoms with Crippen molar-refractivity contribution in [1.29, 1.82) is 0 Å². The monoisotopic (exact) mass is 244 g/mol. The van der Waals surface area contributed by atoms with Crippen molar-refractivity contribution in [2.24, 2.45) is 0 Å². The molecule has 90 valence electrons. The SMILES string of the molecule is C=C(Cl)CN1C(=O)C(CC)NC(=O)C1CC. The van der Waals surface area contributed by atoms with E-state index in [1.165, 1.54) is 4.90 Å². The molecule has 0 bridgehead atoms. The van der Waals surface area contributed by atoms with Gasteiger partial charge in [0, 0.05) is 5.03 Å². The molecule has 1 N–H and O–H groups in total. The largest absolute Gasteiger partial charge is 0.343 e. The van der Waals surface area contributed by atoms with Crippen molar-refractivity contribution in [3.8, 4) is 0 Å². The molecule has 2 amide bonds. The highest BCUT2D eigenvalue weighted by molar-refractivity contribution is 6.29. The second-order valence-electron chi connectivity index (χ2n) is 3.88. The van der Waals surface area contributed by atoms with Crippen LogP contribution in [0.5, 0.6) is 0 Å². The van der Waals surface area contributed by atoms with Crippen LogP contribution in [0.1, 0.15) is 26.7 Å². The molecule has 0 spiro atoms. The Kier molecular flexibility index (Phi) is 4.35. The Morgan fingerprint density at radius 3 is 2.50 bits per heavy atom. The summed E-state index contributed by atoms with van der Waals surface area (Å²) in [5.74, 6) is -0.178. The summed E-state index contributed by atoms with van der Waals surface area (Å²) in [5.41, 5.74) is 0. The second-order valence-corrected chi connectivity index (χ2v) is 4.41. The van der Waals surface area contributed by atoms with E-state index in [1.54, 1.807) is 0 Å². The highest BCUT2D eigenvalue weighted by Gasteiger charge is 2.38. The zero-order valence-electron chi connectivity index (χ0n) is 9.62. The van der Waals surface area contributed by atoms with E-state index in [9.17, 15) is 9.59 Å². The van der Waals surface area contributed by atoms with Gasteiger partial charge in [0.25, 0.3) is 0 Å². The van der Waals surface area contributed by atoms with Crippen LogP contribution in [-0.4, -0.2) is 35.3 Å². The van der Waals surface area contributed by atoms with Gasteiger partial charge in [0.1, 0.15) is 12.1 Å². The Morgan fingerprint density at radius 1 is 1.44 bits per heavy atom. The van der Waals surface area contributed by atoms with Gasteiger partial charge in [-0.15, -0.1) is 0 Å². The molecule has 0 aliphatic carbocycles. The van der Waals surface area contributed by atoms with E-state index in [1.807, 2.05) is 13.8 Å². The van der Waals surface area contributed by atoms with Gasteiger partial charge in [-0.1, -0.05) is 32.0 Å².